The van der Waals surface area contributed by atoms with Gasteiger partial charge < -0.3 is 15.0 Å². The summed E-state index contributed by atoms with van der Waals surface area (Å²) in [5.41, 5.74) is 2.99. The Morgan fingerprint density at radius 2 is 2.00 bits per heavy atom. The molecular formula is C22H23N3O3. The van der Waals surface area contributed by atoms with Crippen molar-refractivity contribution in [2.24, 2.45) is 0 Å². The number of para-hydroxylation sites is 1. The maximum absolute atomic E-state index is 12.8. The van der Waals surface area contributed by atoms with E-state index in [-0.39, 0.29) is 11.8 Å². The fourth-order valence-electron chi connectivity index (χ4n) is 3.78. The number of fused-ring (bicyclic) bond motifs is 1. The van der Waals surface area contributed by atoms with Crippen molar-refractivity contribution in [1.82, 2.24) is 10.3 Å². The Morgan fingerprint density at radius 3 is 2.79 bits per heavy atom. The summed E-state index contributed by atoms with van der Waals surface area (Å²) in [5.74, 6) is 0.582. The third-order valence-electron chi connectivity index (χ3n) is 5.23. The predicted molar refractivity (Wildman–Crippen MR) is 109 cm³/mol. The number of amides is 2. The van der Waals surface area contributed by atoms with Crippen molar-refractivity contribution in [3.63, 3.8) is 0 Å². The van der Waals surface area contributed by atoms with Gasteiger partial charge in [-0.2, -0.15) is 0 Å². The molecule has 1 aliphatic rings. The second kappa shape index (κ2) is 7.76. The Kier molecular flexibility index (Phi) is 5.02. The Labute approximate surface area is 163 Å². The van der Waals surface area contributed by atoms with E-state index in [0.29, 0.717) is 19.4 Å². The number of carbonyl (C=O) groups is 2. The van der Waals surface area contributed by atoms with Crippen molar-refractivity contribution in [3.05, 3.63) is 60.3 Å². The van der Waals surface area contributed by atoms with Gasteiger partial charge in [0.05, 0.1) is 7.11 Å². The minimum absolute atomic E-state index is 0.0260. The summed E-state index contributed by atoms with van der Waals surface area (Å²) < 4.78 is 5.17. The Morgan fingerprint density at radius 1 is 1.21 bits per heavy atom. The summed E-state index contributed by atoms with van der Waals surface area (Å²) in [4.78, 5) is 30.0. The Balaban J connectivity index is 1.41. The van der Waals surface area contributed by atoms with Gasteiger partial charge in [-0.1, -0.05) is 18.2 Å². The SMILES string of the molecule is COc1ccc(N2C(=O)CCC2C(=O)NCCc2c[nH]c3ccccc23)cc1. The average Bonchev–Trinajstić information content (AvgIpc) is 3.32. The van der Waals surface area contributed by atoms with Crippen LogP contribution in [-0.2, 0) is 16.0 Å². The van der Waals surface area contributed by atoms with E-state index >= 15 is 0 Å². The fraction of sp³-hybridized carbons (Fsp3) is 0.273. The molecule has 0 radical (unpaired) electrons. The highest BCUT2D eigenvalue weighted by Crippen LogP contribution is 2.28. The van der Waals surface area contributed by atoms with Gasteiger partial charge >= 0.3 is 0 Å². The number of methoxy groups -OCH3 is 1. The molecule has 2 N–H and O–H groups in total. The van der Waals surface area contributed by atoms with Crippen molar-refractivity contribution in [2.75, 3.05) is 18.6 Å². The van der Waals surface area contributed by atoms with Gasteiger partial charge in [0.25, 0.3) is 0 Å². The number of ether oxygens (including phenoxy) is 1. The van der Waals surface area contributed by atoms with E-state index in [9.17, 15) is 9.59 Å². The number of anilines is 1. The minimum Gasteiger partial charge on any atom is -0.497 e. The molecule has 3 aromatic rings. The van der Waals surface area contributed by atoms with E-state index in [1.807, 2.05) is 36.5 Å². The highest BCUT2D eigenvalue weighted by Gasteiger charge is 2.36. The molecule has 0 bridgehead atoms. The summed E-state index contributed by atoms with van der Waals surface area (Å²) in [6, 6.07) is 14.9. The van der Waals surface area contributed by atoms with Crippen LogP contribution in [-0.4, -0.2) is 36.5 Å². The molecule has 1 saturated heterocycles. The normalized spacial score (nSPS) is 16.5. The van der Waals surface area contributed by atoms with Gasteiger partial charge in [0.1, 0.15) is 11.8 Å². The molecule has 0 aliphatic carbocycles. The van der Waals surface area contributed by atoms with E-state index in [1.165, 1.54) is 10.9 Å². The van der Waals surface area contributed by atoms with Crippen molar-refractivity contribution < 1.29 is 14.3 Å². The summed E-state index contributed by atoms with van der Waals surface area (Å²) in [7, 11) is 1.60. The minimum atomic E-state index is -0.469. The second-order valence-electron chi connectivity index (χ2n) is 6.92. The van der Waals surface area contributed by atoms with Gasteiger partial charge in [0, 0.05) is 35.8 Å². The lowest BCUT2D eigenvalue weighted by Crippen LogP contribution is -2.45. The first kappa shape index (κ1) is 18.1. The van der Waals surface area contributed by atoms with Crippen LogP contribution in [0.25, 0.3) is 10.9 Å². The molecule has 1 aromatic heterocycles. The molecular weight excluding hydrogens is 354 g/mol. The van der Waals surface area contributed by atoms with Crippen LogP contribution in [0.2, 0.25) is 0 Å². The first-order chi connectivity index (χ1) is 13.7. The lowest BCUT2D eigenvalue weighted by atomic mass is 10.1. The summed E-state index contributed by atoms with van der Waals surface area (Å²) in [6.45, 7) is 0.530. The van der Waals surface area contributed by atoms with Crippen LogP contribution in [0.5, 0.6) is 5.75 Å². The molecule has 1 fully saturated rings. The van der Waals surface area contributed by atoms with Gasteiger partial charge in [-0.15, -0.1) is 0 Å². The topological polar surface area (TPSA) is 74.4 Å². The number of hydrogen-bond donors (Lipinski definition) is 2. The van der Waals surface area contributed by atoms with E-state index in [2.05, 4.69) is 16.4 Å². The number of hydrogen-bond acceptors (Lipinski definition) is 3. The largest absolute Gasteiger partial charge is 0.497 e. The molecule has 0 spiro atoms. The van der Waals surface area contributed by atoms with Gasteiger partial charge in [-0.3, -0.25) is 14.5 Å². The third-order valence-corrected chi connectivity index (χ3v) is 5.23. The fourth-order valence-corrected chi connectivity index (χ4v) is 3.78. The molecule has 2 aromatic carbocycles. The standard InChI is InChI=1S/C22H23N3O3/c1-28-17-8-6-16(7-9-17)25-20(10-11-21(25)26)22(27)23-13-12-15-14-24-19-5-3-2-4-18(15)19/h2-9,14,20,24H,10-13H2,1H3,(H,23,27). The number of aromatic amines is 1. The number of benzene rings is 2. The zero-order valence-electron chi connectivity index (χ0n) is 15.8. The molecule has 1 atom stereocenters. The highest BCUT2D eigenvalue weighted by molar-refractivity contribution is 6.03. The second-order valence-corrected chi connectivity index (χ2v) is 6.92. The Bertz CT molecular complexity index is 994. The Hall–Kier alpha value is -3.28. The van der Waals surface area contributed by atoms with Crippen molar-refractivity contribution in [3.8, 4) is 5.75 Å². The van der Waals surface area contributed by atoms with Crippen LogP contribution in [0.3, 0.4) is 0 Å². The van der Waals surface area contributed by atoms with Crippen LogP contribution < -0.4 is 15.0 Å². The van der Waals surface area contributed by atoms with E-state index in [4.69, 9.17) is 4.74 Å². The first-order valence-electron chi connectivity index (χ1n) is 9.46. The number of rotatable bonds is 6. The van der Waals surface area contributed by atoms with Gasteiger partial charge in [0.2, 0.25) is 11.8 Å². The van der Waals surface area contributed by atoms with Gasteiger partial charge in [0.15, 0.2) is 0 Å². The predicted octanol–water partition coefficient (Wildman–Crippen LogP) is 3.03. The van der Waals surface area contributed by atoms with Gasteiger partial charge in [-0.25, -0.2) is 0 Å². The third kappa shape index (κ3) is 3.45. The van der Waals surface area contributed by atoms with Crippen molar-refractivity contribution in [2.45, 2.75) is 25.3 Å². The average molecular weight is 377 g/mol. The van der Waals surface area contributed by atoms with Crippen molar-refractivity contribution >= 4 is 28.4 Å². The number of aromatic nitrogens is 1. The molecule has 4 rings (SSSR count). The monoisotopic (exact) mass is 377 g/mol. The molecule has 1 unspecified atom stereocenters. The molecule has 6 heteroatoms. The molecule has 1 aliphatic heterocycles. The van der Waals surface area contributed by atoms with Crippen LogP contribution in [0, 0.1) is 0 Å². The zero-order valence-corrected chi connectivity index (χ0v) is 15.8. The maximum atomic E-state index is 12.8. The lowest BCUT2D eigenvalue weighted by molar-refractivity contribution is -0.123. The van der Waals surface area contributed by atoms with Crippen LogP contribution >= 0.6 is 0 Å². The number of nitrogens with one attached hydrogen (secondary N) is 2. The van der Waals surface area contributed by atoms with E-state index < -0.39 is 6.04 Å². The van der Waals surface area contributed by atoms with Crippen LogP contribution in [0.1, 0.15) is 18.4 Å². The molecule has 6 nitrogen and oxygen atoms in total. The van der Waals surface area contributed by atoms with Crippen LogP contribution in [0.15, 0.2) is 54.7 Å². The van der Waals surface area contributed by atoms with E-state index in [0.717, 1.165) is 23.4 Å². The quantitative estimate of drug-likeness (QED) is 0.693. The number of H-pyrrole nitrogens is 1. The molecule has 2 amide bonds. The number of carbonyl (C=O) groups excluding carboxylic acids is 2. The molecule has 0 saturated carbocycles. The van der Waals surface area contributed by atoms with Gasteiger partial charge in [-0.05, 0) is 48.7 Å². The van der Waals surface area contributed by atoms with Crippen LogP contribution in [0.4, 0.5) is 5.69 Å². The summed E-state index contributed by atoms with van der Waals surface area (Å²) >= 11 is 0. The van der Waals surface area contributed by atoms with E-state index in [1.54, 1.807) is 24.1 Å². The van der Waals surface area contributed by atoms with Crippen molar-refractivity contribution in [1.29, 1.82) is 0 Å². The zero-order chi connectivity index (χ0) is 19.5. The number of nitrogens with zero attached hydrogens (tertiary/aromatic N) is 1. The summed E-state index contributed by atoms with van der Waals surface area (Å²) in [5, 5.41) is 4.17. The maximum Gasteiger partial charge on any atom is 0.243 e. The smallest absolute Gasteiger partial charge is 0.243 e. The summed E-state index contributed by atoms with van der Waals surface area (Å²) in [6.07, 6.45) is 3.63. The molecule has 28 heavy (non-hydrogen) atoms. The molecule has 2 heterocycles. The highest BCUT2D eigenvalue weighted by atomic mass is 16.5. The molecule has 144 valence electrons. The lowest BCUT2D eigenvalue weighted by Gasteiger charge is -2.24. The first-order valence-corrected chi connectivity index (χ1v) is 9.46.